The Morgan fingerprint density at radius 1 is 1.56 bits per heavy atom. The van der Waals surface area contributed by atoms with Gasteiger partial charge in [0.1, 0.15) is 0 Å². The Balaban J connectivity index is 2.54. The van der Waals surface area contributed by atoms with Crippen LogP contribution in [0.4, 0.5) is 5.69 Å². The highest BCUT2D eigenvalue weighted by Gasteiger charge is 2.34. The zero-order valence-electron chi connectivity index (χ0n) is 8.71. The zero-order chi connectivity index (χ0) is 11.9. The SMILES string of the molecule is CN1C(=O)c2cc([N+](=O)[O-])ccc2[C@@H]1CN. The number of nitrogens with zero attached hydrogens (tertiary/aromatic N) is 2. The number of hydrogen-bond donors (Lipinski definition) is 1. The summed E-state index contributed by atoms with van der Waals surface area (Å²) in [6.07, 6.45) is 0. The summed E-state index contributed by atoms with van der Waals surface area (Å²) in [5, 5.41) is 10.6. The number of amides is 1. The van der Waals surface area contributed by atoms with Crippen molar-refractivity contribution in [2.45, 2.75) is 6.04 Å². The van der Waals surface area contributed by atoms with Gasteiger partial charge in [-0.25, -0.2) is 0 Å². The molecule has 0 saturated heterocycles. The van der Waals surface area contributed by atoms with E-state index in [1.165, 1.54) is 17.0 Å². The van der Waals surface area contributed by atoms with Gasteiger partial charge in [0.15, 0.2) is 0 Å². The molecule has 1 aliphatic heterocycles. The van der Waals surface area contributed by atoms with E-state index in [-0.39, 0.29) is 17.6 Å². The first-order valence-corrected chi connectivity index (χ1v) is 4.82. The molecule has 0 fully saturated rings. The Hall–Kier alpha value is -1.95. The highest BCUT2D eigenvalue weighted by atomic mass is 16.6. The highest BCUT2D eigenvalue weighted by molar-refractivity contribution is 5.99. The fraction of sp³-hybridized carbons (Fsp3) is 0.300. The third-order valence-corrected chi connectivity index (χ3v) is 2.85. The molecule has 1 heterocycles. The lowest BCUT2D eigenvalue weighted by molar-refractivity contribution is -0.384. The van der Waals surface area contributed by atoms with Crippen LogP contribution in [-0.4, -0.2) is 29.3 Å². The second-order valence-corrected chi connectivity index (χ2v) is 3.70. The van der Waals surface area contributed by atoms with E-state index in [2.05, 4.69) is 0 Å². The molecule has 2 N–H and O–H groups in total. The number of nitro groups is 1. The number of likely N-dealkylation sites (N-methyl/N-ethyl adjacent to an activating group) is 1. The molecule has 1 amide bonds. The van der Waals surface area contributed by atoms with Crippen LogP contribution in [0.3, 0.4) is 0 Å². The third kappa shape index (κ3) is 1.35. The van der Waals surface area contributed by atoms with Gasteiger partial charge in [-0.15, -0.1) is 0 Å². The molecule has 1 atom stereocenters. The molecular weight excluding hydrogens is 210 g/mol. The molecule has 0 unspecified atom stereocenters. The van der Waals surface area contributed by atoms with Gasteiger partial charge in [-0.05, 0) is 11.6 Å². The number of fused-ring (bicyclic) bond motifs is 1. The van der Waals surface area contributed by atoms with Crippen molar-refractivity contribution in [1.29, 1.82) is 0 Å². The minimum absolute atomic E-state index is 0.0711. The largest absolute Gasteiger partial charge is 0.333 e. The molecule has 6 nitrogen and oxygen atoms in total. The average Bonchev–Trinajstić information content (AvgIpc) is 2.51. The van der Waals surface area contributed by atoms with E-state index >= 15 is 0 Å². The lowest BCUT2D eigenvalue weighted by Gasteiger charge is -2.18. The molecule has 0 radical (unpaired) electrons. The van der Waals surface area contributed by atoms with Crippen molar-refractivity contribution < 1.29 is 9.72 Å². The molecule has 1 aromatic carbocycles. The number of nitro benzene ring substituents is 1. The van der Waals surface area contributed by atoms with Crippen molar-refractivity contribution in [3.8, 4) is 0 Å². The average molecular weight is 221 g/mol. The Bertz CT molecular complexity index is 472. The summed E-state index contributed by atoms with van der Waals surface area (Å²) >= 11 is 0. The summed E-state index contributed by atoms with van der Waals surface area (Å²) in [6.45, 7) is 0.313. The fourth-order valence-corrected chi connectivity index (χ4v) is 1.96. The van der Waals surface area contributed by atoms with Gasteiger partial charge >= 0.3 is 0 Å². The molecular formula is C10H11N3O3. The maximum Gasteiger partial charge on any atom is 0.270 e. The Labute approximate surface area is 91.8 Å². The number of rotatable bonds is 2. The number of carbonyl (C=O) groups is 1. The van der Waals surface area contributed by atoms with Gasteiger partial charge in [-0.1, -0.05) is 0 Å². The van der Waals surface area contributed by atoms with E-state index in [0.29, 0.717) is 12.1 Å². The normalized spacial score (nSPS) is 18.8. The van der Waals surface area contributed by atoms with Gasteiger partial charge in [0, 0.05) is 25.7 Å². The first-order chi connectivity index (χ1) is 7.56. The van der Waals surface area contributed by atoms with Crippen LogP contribution < -0.4 is 5.73 Å². The first kappa shape index (κ1) is 10.6. The maximum atomic E-state index is 11.8. The highest BCUT2D eigenvalue weighted by Crippen LogP contribution is 2.33. The third-order valence-electron chi connectivity index (χ3n) is 2.85. The summed E-state index contributed by atoms with van der Waals surface area (Å²) in [5.41, 5.74) is 6.65. The van der Waals surface area contributed by atoms with Crippen LogP contribution in [0, 0.1) is 10.1 Å². The van der Waals surface area contributed by atoms with Crippen LogP contribution >= 0.6 is 0 Å². The summed E-state index contributed by atoms with van der Waals surface area (Å²) in [5.74, 6) is -0.214. The molecule has 6 heteroatoms. The first-order valence-electron chi connectivity index (χ1n) is 4.82. The molecule has 1 aliphatic rings. The van der Waals surface area contributed by atoms with Crippen LogP contribution in [0.25, 0.3) is 0 Å². The minimum atomic E-state index is -0.511. The second kappa shape index (κ2) is 3.57. The van der Waals surface area contributed by atoms with Crippen molar-refractivity contribution in [3.63, 3.8) is 0 Å². The van der Waals surface area contributed by atoms with Crippen molar-refractivity contribution in [2.75, 3.05) is 13.6 Å². The molecule has 0 bridgehead atoms. The Morgan fingerprint density at radius 3 is 2.81 bits per heavy atom. The van der Waals surface area contributed by atoms with Gasteiger partial charge in [0.25, 0.3) is 11.6 Å². The number of carbonyl (C=O) groups excluding carboxylic acids is 1. The molecule has 0 aromatic heterocycles. The summed E-state index contributed by atoms with van der Waals surface area (Å²) in [6, 6.07) is 4.13. The van der Waals surface area contributed by atoms with E-state index in [9.17, 15) is 14.9 Å². The van der Waals surface area contributed by atoms with Crippen LogP contribution in [-0.2, 0) is 0 Å². The maximum absolute atomic E-state index is 11.8. The van der Waals surface area contributed by atoms with Gasteiger partial charge < -0.3 is 10.6 Å². The monoisotopic (exact) mass is 221 g/mol. The summed E-state index contributed by atoms with van der Waals surface area (Å²) < 4.78 is 0. The van der Waals surface area contributed by atoms with Crippen LogP contribution in [0.5, 0.6) is 0 Å². The van der Waals surface area contributed by atoms with E-state index in [0.717, 1.165) is 5.56 Å². The van der Waals surface area contributed by atoms with Crippen molar-refractivity contribution in [1.82, 2.24) is 4.90 Å². The molecule has 0 spiro atoms. The van der Waals surface area contributed by atoms with Crippen LogP contribution in [0.2, 0.25) is 0 Å². The van der Waals surface area contributed by atoms with E-state index in [1.807, 2.05) is 0 Å². The number of non-ortho nitro benzene ring substituents is 1. The van der Waals surface area contributed by atoms with Gasteiger partial charge in [0.05, 0.1) is 16.5 Å². The molecule has 1 aromatic rings. The molecule has 84 valence electrons. The number of hydrogen-bond acceptors (Lipinski definition) is 4. The van der Waals surface area contributed by atoms with E-state index in [1.54, 1.807) is 13.1 Å². The lowest BCUT2D eigenvalue weighted by atomic mass is 10.0. The van der Waals surface area contributed by atoms with Crippen molar-refractivity contribution in [2.24, 2.45) is 5.73 Å². The minimum Gasteiger partial charge on any atom is -0.333 e. The van der Waals surface area contributed by atoms with Crippen molar-refractivity contribution >= 4 is 11.6 Å². The molecule has 0 aliphatic carbocycles. The zero-order valence-corrected chi connectivity index (χ0v) is 8.71. The summed E-state index contributed by atoms with van der Waals surface area (Å²) in [7, 11) is 1.64. The lowest BCUT2D eigenvalue weighted by Crippen LogP contribution is -2.28. The quantitative estimate of drug-likeness (QED) is 0.587. The molecule has 2 rings (SSSR count). The van der Waals surface area contributed by atoms with Gasteiger partial charge in [-0.2, -0.15) is 0 Å². The molecule has 16 heavy (non-hydrogen) atoms. The van der Waals surface area contributed by atoms with Crippen molar-refractivity contribution in [3.05, 3.63) is 39.4 Å². The Kier molecular flexibility index (Phi) is 2.35. The predicted octanol–water partition coefficient (Wildman–Crippen LogP) is 0.680. The van der Waals surface area contributed by atoms with E-state index in [4.69, 9.17) is 5.73 Å². The molecule has 0 saturated carbocycles. The van der Waals surface area contributed by atoms with Crippen LogP contribution in [0.15, 0.2) is 18.2 Å². The van der Waals surface area contributed by atoms with Gasteiger partial charge in [0.2, 0.25) is 0 Å². The smallest absolute Gasteiger partial charge is 0.270 e. The standard InChI is InChI=1S/C10H11N3O3/c1-12-9(5-11)7-3-2-6(13(15)16)4-8(7)10(12)14/h2-4,9H,5,11H2,1H3/t9-/m0/s1. The van der Waals surface area contributed by atoms with Crippen LogP contribution in [0.1, 0.15) is 22.0 Å². The van der Waals surface area contributed by atoms with E-state index < -0.39 is 4.92 Å². The second-order valence-electron chi connectivity index (χ2n) is 3.70. The predicted molar refractivity (Wildman–Crippen MR) is 57.0 cm³/mol. The fourth-order valence-electron chi connectivity index (χ4n) is 1.96. The topological polar surface area (TPSA) is 89.5 Å². The number of benzene rings is 1. The van der Waals surface area contributed by atoms with Gasteiger partial charge in [-0.3, -0.25) is 14.9 Å². The Morgan fingerprint density at radius 2 is 2.25 bits per heavy atom. The number of nitrogens with two attached hydrogens (primary N) is 1. The summed E-state index contributed by atoms with van der Waals surface area (Å²) in [4.78, 5) is 23.4.